The maximum atomic E-state index is 13.3. The van der Waals surface area contributed by atoms with E-state index >= 15 is 0 Å². The highest BCUT2D eigenvalue weighted by Gasteiger charge is 2.24. The largest absolute Gasteiger partial charge is 0.342 e. The number of nitrogens with zero attached hydrogens (tertiary/aromatic N) is 3. The number of aromatic nitrogens is 4. The number of aromatic amines is 1. The summed E-state index contributed by atoms with van der Waals surface area (Å²) in [5.74, 6) is 1.60. The topological polar surface area (TPSA) is 75.6 Å². The standard InChI is InChI=1S/C24H27N5OS/c1-16-22(17(2)29(28-16)15-18-9-5-4-6-10-18)24(30)27-21(13-14-31-3)23-25-19-11-7-8-12-20(19)26-23/h4-12,21H,13-15H2,1-3H3,(H,25,26)(H,27,30)/t21-/m1/s1. The zero-order chi connectivity index (χ0) is 21.8. The third-order valence-electron chi connectivity index (χ3n) is 5.44. The van der Waals surface area contributed by atoms with Crippen LogP contribution in [-0.2, 0) is 6.54 Å². The fraction of sp³-hybridized carbons (Fsp3) is 0.292. The van der Waals surface area contributed by atoms with Gasteiger partial charge in [0.15, 0.2) is 0 Å². The lowest BCUT2D eigenvalue weighted by Gasteiger charge is -2.16. The van der Waals surface area contributed by atoms with E-state index in [1.807, 2.05) is 61.0 Å². The Hall–Kier alpha value is -3.06. The number of imidazole rings is 1. The average Bonchev–Trinajstić information content (AvgIpc) is 3.32. The van der Waals surface area contributed by atoms with Crippen LogP contribution in [-0.4, -0.2) is 37.7 Å². The van der Waals surface area contributed by atoms with Gasteiger partial charge in [-0.2, -0.15) is 16.9 Å². The van der Waals surface area contributed by atoms with Crippen molar-refractivity contribution in [3.05, 3.63) is 82.9 Å². The zero-order valence-corrected chi connectivity index (χ0v) is 18.9. The molecule has 160 valence electrons. The van der Waals surface area contributed by atoms with Crippen molar-refractivity contribution >= 4 is 28.7 Å². The molecule has 2 aromatic heterocycles. The molecule has 0 unspecified atom stereocenters. The van der Waals surface area contributed by atoms with Crippen molar-refractivity contribution in [2.75, 3.05) is 12.0 Å². The molecule has 31 heavy (non-hydrogen) atoms. The minimum Gasteiger partial charge on any atom is -0.342 e. The van der Waals surface area contributed by atoms with E-state index in [0.29, 0.717) is 12.1 Å². The van der Waals surface area contributed by atoms with E-state index in [4.69, 9.17) is 4.98 Å². The number of hydrogen-bond acceptors (Lipinski definition) is 4. The second-order valence-electron chi connectivity index (χ2n) is 7.64. The summed E-state index contributed by atoms with van der Waals surface area (Å²) in [6.45, 7) is 4.48. The normalized spacial score (nSPS) is 12.2. The van der Waals surface area contributed by atoms with Crippen LogP contribution in [0.3, 0.4) is 0 Å². The van der Waals surface area contributed by atoms with E-state index in [2.05, 4.69) is 33.8 Å². The Morgan fingerprint density at radius 2 is 1.87 bits per heavy atom. The first-order valence-corrected chi connectivity index (χ1v) is 11.8. The zero-order valence-electron chi connectivity index (χ0n) is 18.1. The van der Waals surface area contributed by atoms with Crippen molar-refractivity contribution in [2.45, 2.75) is 32.9 Å². The number of aryl methyl sites for hydroxylation is 1. The van der Waals surface area contributed by atoms with Crippen molar-refractivity contribution in [3.8, 4) is 0 Å². The third kappa shape index (κ3) is 4.66. The maximum Gasteiger partial charge on any atom is 0.255 e. The molecule has 4 aromatic rings. The number of carbonyl (C=O) groups is 1. The maximum absolute atomic E-state index is 13.3. The first kappa shape index (κ1) is 21.2. The third-order valence-corrected chi connectivity index (χ3v) is 6.08. The summed E-state index contributed by atoms with van der Waals surface area (Å²) in [4.78, 5) is 21.4. The van der Waals surface area contributed by atoms with Crippen LogP contribution < -0.4 is 5.32 Å². The van der Waals surface area contributed by atoms with Gasteiger partial charge in [0.05, 0.1) is 34.9 Å². The van der Waals surface area contributed by atoms with Crippen LogP contribution >= 0.6 is 11.8 Å². The van der Waals surface area contributed by atoms with Crippen molar-refractivity contribution in [1.29, 1.82) is 0 Å². The summed E-state index contributed by atoms with van der Waals surface area (Å²) < 4.78 is 1.90. The molecule has 1 atom stereocenters. The Kier molecular flexibility index (Phi) is 6.42. The van der Waals surface area contributed by atoms with Crippen LogP contribution in [0.25, 0.3) is 11.0 Å². The van der Waals surface area contributed by atoms with E-state index in [-0.39, 0.29) is 11.9 Å². The van der Waals surface area contributed by atoms with E-state index < -0.39 is 0 Å². The van der Waals surface area contributed by atoms with Crippen molar-refractivity contribution in [1.82, 2.24) is 25.1 Å². The average molecular weight is 434 g/mol. The van der Waals surface area contributed by atoms with Gasteiger partial charge in [0, 0.05) is 5.69 Å². The number of para-hydroxylation sites is 2. The Morgan fingerprint density at radius 3 is 2.61 bits per heavy atom. The Morgan fingerprint density at radius 1 is 1.13 bits per heavy atom. The lowest BCUT2D eigenvalue weighted by atomic mass is 10.1. The number of amides is 1. The molecule has 6 nitrogen and oxygen atoms in total. The minimum absolute atomic E-state index is 0.110. The second-order valence-corrected chi connectivity index (χ2v) is 8.62. The summed E-state index contributed by atoms with van der Waals surface area (Å²) in [5.41, 5.74) is 5.28. The van der Waals surface area contributed by atoms with E-state index in [1.54, 1.807) is 11.8 Å². The molecule has 1 amide bonds. The number of H-pyrrole nitrogens is 1. The summed E-state index contributed by atoms with van der Waals surface area (Å²) in [7, 11) is 0. The minimum atomic E-state index is -0.191. The van der Waals surface area contributed by atoms with Gasteiger partial charge < -0.3 is 10.3 Å². The SMILES string of the molecule is CSCC[C@@H](NC(=O)c1c(C)nn(Cc2ccccc2)c1C)c1nc2ccccc2[nH]1. The molecule has 0 aliphatic rings. The van der Waals surface area contributed by atoms with Gasteiger partial charge in [0.1, 0.15) is 5.82 Å². The van der Waals surface area contributed by atoms with E-state index in [1.165, 1.54) is 0 Å². The molecule has 4 rings (SSSR count). The monoisotopic (exact) mass is 433 g/mol. The number of carbonyl (C=O) groups excluding carboxylic acids is 1. The number of thioether (sulfide) groups is 1. The van der Waals surface area contributed by atoms with Crippen LogP contribution in [0.2, 0.25) is 0 Å². The van der Waals surface area contributed by atoms with Gasteiger partial charge >= 0.3 is 0 Å². The number of hydrogen-bond donors (Lipinski definition) is 2. The van der Waals surface area contributed by atoms with Gasteiger partial charge in [-0.05, 0) is 50.0 Å². The fourth-order valence-corrected chi connectivity index (χ4v) is 4.29. The van der Waals surface area contributed by atoms with Gasteiger partial charge in [-0.3, -0.25) is 9.48 Å². The molecule has 0 radical (unpaired) electrons. The molecule has 0 saturated heterocycles. The summed E-state index contributed by atoms with van der Waals surface area (Å²) >= 11 is 1.76. The smallest absolute Gasteiger partial charge is 0.255 e. The molecule has 0 spiro atoms. The van der Waals surface area contributed by atoms with Gasteiger partial charge in [0.2, 0.25) is 0 Å². The van der Waals surface area contributed by atoms with Crippen LogP contribution in [0.1, 0.15) is 45.6 Å². The predicted molar refractivity (Wildman–Crippen MR) is 127 cm³/mol. The highest BCUT2D eigenvalue weighted by molar-refractivity contribution is 7.98. The molecule has 7 heteroatoms. The van der Waals surface area contributed by atoms with Gasteiger partial charge in [-0.1, -0.05) is 42.5 Å². The van der Waals surface area contributed by atoms with Crippen molar-refractivity contribution < 1.29 is 4.79 Å². The van der Waals surface area contributed by atoms with Crippen LogP contribution in [0.15, 0.2) is 54.6 Å². The molecule has 0 fully saturated rings. The molecule has 0 bridgehead atoms. The highest BCUT2D eigenvalue weighted by atomic mass is 32.2. The first-order chi connectivity index (χ1) is 15.1. The summed E-state index contributed by atoms with van der Waals surface area (Å²) in [6, 6.07) is 17.9. The summed E-state index contributed by atoms with van der Waals surface area (Å²) in [6.07, 6.45) is 2.86. The molecular weight excluding hydrogens is 406 g/mol. The molecule has 0 aliphatic carbocycles. The molecular formula is C24H27N5OS. The summed E-state index contributed by atoms with van der Waals surface area (Å²) in [5, 5.41) is 7.84. The molecule has 2 heterocycles. The van der Waals surface area contributed by atoms with Crippen LogP contribution in [0.5, 0.6) is 0 Å². The number of benzene rings is 2. The van der Waals surface area contributed by atoms with Gasteiger partial charge in [-0.15, -0.1) is 0 Å². The van der Waals surface area contributed by atoms with Gasteiger partial charge in [0.25, 0.3) is 5.91 Å². The molecule has 0 saturated carbocycles. The van der Waals surface area contributed by atoms with Crippen LogP contribution in [0.4, 0.5) is 0 Å². The lowest BCUT2D eigenvalue weighted by Crippen LogP contribution is -2.30. The quantitative estimate of drug-likeness (QED) is 0.424. The number of nitrogens with one attached hydrogen (secondary N) is 2. The first-order valence-electron chi connectivity index (χ1n) is 10.4. The predicted octanol–water partition coefficient (Wildman–Crippen LogP) is 4.65. The van der Waals surface area contributed by atoms with E-state index in [0.717, 1.165) is 46.0 Å². The Bertz CT molecular complexity index is 1150. The van der Waals surface area contributed by atoms with Crippen molar-refractivity contribution in [2.24, 2.45) is 0 Å². The van der Waals surface area contributed by atoms with Crippen LogP contribution in [0, 0.1) is 13.8 Å². The number of fused-ring (bicyclic) bond motifs is 1. The second kappa shape index (κ2) is 9.39. The highest BCUT2D eigenvalue weighted by Crippen LogP contribution is 2.22. The molecule has 2 N–H and O–H groups in total. The van der Waals surface area contributed by atoms with Gasteiger partial charge in [-0.25, -0.2) is 4.98 Å². The van der Waals surface area contributed by atoms with Crippen molar-refractivity contribution in [3.63, 3.8) is 0 Å². The molecule has 0 aliphatic heterocycles. The number of rotatable bonds is 8. The fourth-order valence-electron chi connectivity index (χ4n) is 3.82. The Labute approximate surface area is 186 Å². The lowest BCUT2D eigenvalue weighted by molar-refractivity contribution is 0.0933. The molecule has 2 aromatic carbocycles. The van der Waals surface area contributed by atoms with E-state index in [9.17, 15) is 4.79 Å². The Balaban J connectivity index is 1.58.